The average molecular weight is 391 g/mol. The van der Waals surface area contributed by atoms with Gasteiger partial charge in [0.1, 0.15) is 5.82 Å². The molecule has 0 saturated heterocycles. The topological polar surface area (TPSA) is 75.3 Å². The summed E-state index contributed by atoms with van der Waals surface area (Å²) in [5.41, 5.74) is 0.382. The molecule has 0 saturated carbocycles. The van der Waals surface area contributed by atoms with Crippen LogP contribution < -0.4 is 10.0 Å². The Morgan fingerprint density at radius 2 is 1.75 bits per heavy atom. The Hall–Kier alpha value is -1.67. The Balaban J connectivity index is 1.89. The van der Waals surface area contributed by atoms with Crippen molar-refractivity contribution in [3.05, 3.63) is 58.3 Å². The van der Waals surface area contributed by atoms with Gasteiger partial charge in [0, 0.05) is 18.0 Å². The molecule has 0 bridgehead atoms. The van der Waals surface area contributed by atoms with Gasteiger partial charge in [-0.2, -0.15) is 0 Å². The molecule has 0 heterocycles. The maximum Gasteiger partial charge on any atom is 0.240 e. The highest BCUT2D eigenvalue weighted by Crippen LogP contribution is 2.25. The van der Waals surface area contributed by atoms with Gasteiger partial charge in [-0.15, -0.1) is 0 Å². The molecule has 5 nitrogen and oxygen atoms in total. The number of benzene rings is 2. The number of rotatable bonds is 6. The number of halogens is 3. The van der Waals surface area contributed by atoms with Crippen molar-refractivity contribution in [1.82, 2.24) is 4.72 Å². The van der Waals surface area contributed by atoms with E-state index in [2.05, 4.69) is 10.0 Å². The predicted molar refractivity (Wildman–Crippen MR) is 91.3 cm³/mol. The number of sulfonamides is 1. The summed E-state index contributed by atoms with van der Waals surface area (Å²) in [4.78, 5) is 11.8. The molecule has 0 spiro atoms. The largest absolute Gasteiger partial charge is 0.325 e. The Labute approximate surface area is 148 Å². The molecule has 1 amide bonds. The third-order valence-corrected chi connectivity index (χ3v) is 5.00. The molecule has 2 rings (SSSR count). The average Bonchev–Trinajstić information content (AvgIpc) is 2.50. The number of hydrogen-bond acceptors (Lipinski definition) is 3. The minimum Gasteiger partial charge on any atom is -0.325 e. The van der Waals surface area contributed by atoms with Gasteiger partial charge in [-0.1, -0.05) is 23.2 Å². The first-order chi connectivity index (χ1) is 11.3. The normalized spacial score (nSPS) is 11.3. The van der Waals surface area contributed by atoms with Gasteiger partial charge in [0.2, 0.25) is 15.9 Å². The van der Waals surface area contributed by atoms with E-state index in [1.807, 2.05) is 0 Å². The van der Waals surface area contributed by atoms with E-state index in [0.717, 1.165) is 24.3 Å². The molecule has 0 atom stereocenters. The maximum atomic E-state index is 12.8. The van der Waals surface area contributed by atoms with Crippen LogP contribution in [0.15, 0.2) is 47.4 Å². The lowest BCUT2D eigenvalue weighted by Crippen LogP contribution is -2.27. The van der Waals surface area contributed by atoms with Gasteiger partial charge in [0.15, 0.2) is 0 Å². The standard InChI is InChI=1S/C15H13Cl2FN2O3S/c16-10-1-6-14(13(17)9-10)20-15(21)7-8-19-24(22,23)12-4-2-11(18)3-5-12/h1-6,9,19H,7-8H2,(H,20,21). The van der Waals surface area contributed by atoms with Crippen LogP contribution in [0, 0.1) is 5.82 Å². The van der Waals surface area contributed by atoms with E-state index in [4.69, 9.17) is 23.2 Å². The van der Waals surface area contributed by atoms with Crippen LogP contribution in [0.2, 0.25) is 10.0 Å². The molecule has 0 unspecified atom stereocenters. The minimum atomic E-state index is -3.80. The Morgan fingerprint density at radius 3 is 2.38 bits per heavy atom. The van der Waals surface area contributed by atoms with E-state index in [1.54, 1.807) is 12.1 Å². The van der Waals surface area contributed by atoms with E-state index in [1.165, 1.54) is 6.07 Å². The summed E-state index contributed by atoms with van der Waals surface area (Å²) in [6, 6.07) is 8.98. The van der Waals surface area contributed by atoms with Crippen molar-refractivity contribution >= 4 is 44.8 Å². The van der Waals surface area contributed by atoms with E-state index < -0.39 is 21.7 Å². The first kappa shape index (κ1) is 18.7. The Kier molecular flexibility index (Phi) is 6.17. The Bertz CT molecular complexity index is 842. The van der Waals surface area contributed by atoms with Gasteiger partial charge < -0.3 is 5.32 Å². The molecule has 2 aromatic carbocycles. The molecule has 9 heteroatoms. The highest BCUT2D eigenvalue weighted by molar-refractivity contribution is 7.89. The summed E-state index contributed by atoms with van der Waals surface area (Å²) in [5, 5.41) is 3.27. The first-order valence-corrected chi connectivity index (χ1v) is 9.02. The molecule has 0 fully saturated rings. The van der Waals surface area contributed by atoms with Crippen LogP contribution >= 0.6 is 23.2 Å². The summed E-state index contributed by atoms with van der Waals surface area (Å²) in [6.07, 6.45) is -0.0978. The van der Waals surface area contributed by atoms with Gasteiger partial charge in [0.05, 0.1) is 15.6 Å². The van der Waals surface area contributed by atoms with Crippen molar-refractivity contribution in [3.63, 3.8) is 0 Å². The molecule has 0 aliphatic heterocycles. The SMILES string of the molecule is O=C(CCNS(=O)(=O)c1ccc(F)cc1)Nc1ccc(Cl)cc1Cl. The number of carbonyl (C=O) groups excluding carboxylic acids is 1. The van der Waals surface area contributed by atoms with Crippen molar-refractivity contribution in [2.24, 2.45) is 0 Å². The molecule has 0 aliphatic carbocycles. The summed E-state index contributed by atoms with van der Waals surface area (Å²) in [7, 11) is -3.80. The van der Waals surface area contributed by atoms with Crippen molar-refractivity contribution < 1.29 is 17.6 Å². The van der Waals surface area contributed by atoms with Crippen LogP contribution in [0.4, 0.5) is 10.1 Å². The monoisotopic (exact) mass is 390 g/mol. The van der Waals surface area contributed by atoms with Gasteiger partial charge in [-0.05, 0) is 42.5 Å². The van der Waals surface area contributed by atoms with E-state index >= 15 is 0 Å². The van der Waals surface area contributed by atoms with Crippen LogP contribution in [-0.2, 0) is 14.8 Å². The van der Waals surface area contributed by atoms with Gasteiger partial charge in [-0.3, -0.25) is 4.79 Å². The van der Waals surface area contributed by atoms with Crippen molar-refractivity contribution in [1.29, 1.82) is 0 Å². The highest BCUT2D eigenvalue weighted by atomic mass is 35.5. The smallest absolute Gasteiger partial charge is 0.240 e. The molecular weight excluding hydrogens is 378 g/mol. The van der Waals surface area contributed by atoms with Crippen LogP contribution in [0.25, 0.3) is 0 Å². The van der Waals surface area contributed by atoms with Crippen molar-refractivity contribution in [2.75, 3.05) is 11.9 Å². The third-order valence-electron chi connectivity index (χ3n) is 2.97. The lowest BCUT2D eigenvalue weighted by molar-refractivity contribution is -0.116. The van der Waals surface area contributed by atoms with Crippen molar-refractivity contribution in [2.45, 2.75) is 11.3 Å². The van der Waals surface area contributed by atoms with Crippen LogP contribution in [0.5, 0.6) is 0 Å². The third kappa shape index (κ3) is 5.17. The molecular formula is C15H13Cl2FN2O3S. The number of nitrogens with one attached hydrogen (secondary N) is 2. The number of anilines is 1. The van der Waals surface area contributed by atoms with Crippen LogP contribution in [0.1, 0.15) is 6.42 Å². The highest BCUT2D eigenvalue weighted by Gasteiger charge is 2.14. The van der Waals surface area contributed by atoms with Crippen LogP contribution in [0.3, 0.4) is 0 Å². The summed E-state index contributed by atoms with van der Waals surface area (Å²) in [6.45, 7) is -0.114. The summed E-state index contributed by atoms with van der Waals surface area (Å²) in [5.74, 6) is -0.950. The minimum absolute atomic E-state index is 0.0787. The van der Waals surface area contributed by atoms with Gasteiger partial charge in [-0.25, -0.2) is 17.5 Å². The fraction of sp³-hybridized carbons (Fsp3) is 0.133. The van der Waals surface area contributed by atoms with Crippen LogP contribution in [-0.4, -0.2) is 20.9 Å². The molecule has 2 aromatic rings. The lowest BCUT2D eigenvalue weighted by atomic mass is 10.3. The second kappa shape index (κ2) is 7.94. The second-order valence-electron chi connectivity index (χ2n) is 4.77. The van der Waals surface area contributed by atoms with E-state index in [9.17, 15) is 17.6 Å². The summed E-state index contributed by atoms with van der Waals surface area (Å²) < 4.78 is 39.0. The first-order valence-electron chi connectivity index (χ1n) is 6.78. The van der Waals surface area contributed by atoms with Gasteiger partial charge >= 0.3 is 0 Å². The lowest BCUT2D eigenvalue weighted by Gasteiger charge is -2.09. The molecule has 0 aromatic heterocycles. The van der Waals surface area contributed by atoms with Gasteiger partial charge in [0.25, 0.3) is 0 Å². The number of hydrogen-bond donors (Lipinski definition) is 2. The molecule has 2 N–H and O–H groups in total. The Morgan fingerprint density at radius 1 is 1.08 bits per heavy atom. The quantitative estimate of drug-likeness (QED) is 0.792. The molecule has 0 aliphatic rings. The predicted octanol–water partition coefficient (Wildman–Crippen LogP) is 3.44. The second-order valence-corrected chi connectivity index (χ2v) is 7.38. The van der Waals surface area contributed by atoms with E-state index in [-0.39, 0.29) is 22.9 Å². The molecule has 128 valence electrons. The van der Waals surface area contributed by atoms with E-state index in [0.29, 0.717) is 10.7 Å². The maximum absolute atomic E-state index is 12.8. The number of amides is 1. The van der Waals surface area contributed by atoms with Crippen molar-refractivity contribution in [3.8, 4) is 0 Å². The summed E-state index contributed by atoms with van der Waals surface area (Å²) >= 11 is 11.7. The molecule has 0 radical (unpaired) electrons. The number of carbonyl (C=O) groups is 1. The zero-order valence-corrected chi connectivity index (χ0v) is 14.6. The fourth-order valence-electron chi connectivity index (χ4n) is 1.80. The zero-order chi connectivity index (χ0) is 17.7. The molecule has 24 heavy (non-hydrogen) atoms. The zero-order valence-electron chi connectivity index (χ0n) is 12.2. The fourth-order valence-corrected chi connectivity index (χ4v) is 3.29.